The Hall–Kier alpha value is -8.00. The van der Waals surface area contributed by atoms with Gasteiger partial charge in [0.05, 0.1) is 0 Å². The van der Waals surface area contributed by atoms with E-state index >= 15 is 0 Å². The van der Waals surface area contributed by atoms with E-state index in [2.05, 4.69) is 200 Å². The van der Waals surface area contributed by atoms with E-state index in [1.54, 1.807) is 0 Å². The number of benzene rings is 13. The van der Waals surface area contributed by atoms with Crippen LogP contribution in [0, 0.1) is 0 Å². The molecule has 0 fully saturated rings. The number of rotatable bonds is 4. The third kappa shape index (κ3) is 4.66. The molecule has 14 rings (SSSR count). The summed E-state index contributed by atoms with van der Waals surface area (Å²) in [5.74, 6) is 0. The lowest BCUT2D eigenvalue weighted by Crippen LogP contribution is -1.95. The molecule has 280 valence electrons. The van der Waals surface area contributed by atoms with Crippen molar-refractivity contribution < 1.29 is 4.42 Å². The summed E-state index contributed by atoms with van der Waals surface area (Å²) in [6.45, 7) is 0. The molecule has 14 aromatic rings. The predicted octanol–water partition coefficient (Wildman–Crippen LogP) is 17.2. The first kappa shape index (κ1) is 32.9. The molecule has 0 amide bonds. The molecule has 0 unspecified atom stereocenters. The zero-order valence-electron chi connectivity index (χ0n) is 33.0. The quantitative estimate of drug-likeness (QED) is 0.162. The van der Waals surface area contributed by atoms with Crippen LogP contribution in [-0.4, -0.2) is 0 Å². The van der Waals surface area contributed by atoms with E-state index in [4.69, 9.17) is 4.42 Å². The Labute approximate surface area is 351 Å². The molecule has 0 atom stereocenters. The fraction of sp³-hybridized carbons (Fsp3) is 0. The predicted molar refractivity (Wildman–Crippen MR) is 260 cm³/mol. The van der Waals surface area contributed by atoms with Crippen LogP contribution >= 0.6 is 0 Å². The van der Waals surface area contributed by atoms with Crippen molar-refractivity contribution >= 4 is 97.3 Å². The highest BCUT2D eigenvalue weighted by molar-refractivity contribution is 6.28. The number of hydrogen-bond donors (Lipinski definition) is 0. The molecular weight excluding hydrogens is 737 g/mol. The van der Waals surface area contributed by atoms with Gasteiger partial charge in [-0.3, -0.25) is 0 Å². The van der Waals surface area contributed by atoms with Gasteiger partial charge in [0.15, 0.2) is 0 Å². The first-order valence-corrected chi connectivity index (χ1v) is 21.2. The largest absolute Gasteiger partial charge is 0.456 e. The minimum absolute atomic E-state index is 0.900. The van der Waals surface area contributed by atoms with Crippen LogP contribution in [0.1, 0.15) is 0 Å². The molecule has 0 aliphatic heterocycles. The third-order valence-corrected chi connectivity index (χ3v) is 13.5. The highest BCUT2D eigenvalue weighted by Crippen LogP contribution is 2.50. The van der Waals surface area contributed by atoms with Gasteiger partial charge in [0.25, 0.3) is 0 Å². The van der Waals surface area contributed by atoms with Crippen LogP contribution in [0.2, 0.25) is 0 Å². The Morgan fingerprint density at radius 1 is 0.230 bits per heavy atom. The molecule has 0 saturated heterocycles. The molecule has 1 heteroatoms. The van der Waals surface area contributed by atoms with E-state index in [-0.39, 0.29) is 0 Å². The van der Waals surface area contributed by atoms with Crippen LogP contribution in [0.4, 0.5) is 0 Å². The van der Waals surface area contributed by atoms with Crippen molar-refractivity contribution in [3.63, 3.8) is 0 Å². The summed E-state index contributed by atoms with van der Waals surface area (Å²) in [5.41, 5.74) is 11.5. The minimum Gasteiger partial charge on any atom is -0.456 e. The second-order valence-electron chi connectivity index (χ2n) is 16.7. The Kier molecular flexibility index (Phi) is 6.62. The average Bonchev–Trinajstić information content (AvgIpc) is 3.70. The van der Waals surface area contributed by atoms with Gasteiger partial charge >= 0.3 is 0 Å². The van der Waals surface area contributed by atoms with Crippen LogP contribution in [-0.2, 0) is 0 Å². The van der Waals surface area contributed by atoms with Crippen molar-refractivity contribution in [2.75, 3.05) is 0 Å². The maximum absolute atomic E-state index is 6.35. The summed E-state index contributed by atoms with van der Waals surface area (Å²) in [5, 5.41) is 20.3. The van der Waals surface area contributed by atoms with Gasteiger partial charge in [-0.15, -0.1) is 0 Å². The van der Waals surface area contributed by atoms with E-state index in [0.29, 0.717) is 0 Å². The molecule has 0 aliphatic carbocycles. The lowest BCUT2D eigenvalue weighted by atomic mass is 9.81. The van der Waals surface area contributed by atoms with Crippen LogP contribution < -0.4 is 0 Å². The monoisotopic (exact) mass is 770 g/mol. The number of furan rings is 1. The maximum atomic E-state index is 6.35. The summed E-state index contributed by atoms with van der Waals surface area (Å²) in [6, 6.07) is 76.7. The Bertz CT molecular complexity index is 4060. The van der Waals surface area contributed by atoms with E-state index in [9.17, 15) is 0 Å². The standard InChI is InChI=1S/C60H34O/c1-2-12-46-43(7-1)33-51(44-27-32-54-52(34-44)47-13-3-4-14-53(47)61-54)59(60(46)50-31-26-42-22-20-37-9-6-11-39-25-30-49(50)58(42)56(37)39)40-17-15-35(16-18-40)45-28-23-41-21-19-36-8-5-10-38-24-29-48(45)57(41)55(36)38/h1-34H. The van der Waals surface area contributed by atoms with E-state index in [1.165, 1.54) is 114 Å². The molecule has 0 saturated carbocycles. The van der Waals surface area contributed by atoms with Crippen molar-refractivity contribution in [1.29, 1.82) is 0 Å². The molecule has 0 radical (unpaired) electrons. The number of hydrogen-bond acceptors (Lipinski definition) is 1. The fourth-order valence-corrected chi connectivity index (χ4v) is 10.8. The van der Waals surface area contributed by atoms with Gasteiger partial charge < -0.3 is 4.42 Å². The molecule has 1 heterocycles. The zero-order chi connectivity index (χ0) is 39.8. The van der Waals surface area contributed by atoms with Crippen molar-refractivity contribution in [2.24, 2.45) is 0 Å². The lowest BCUT2D eigenvalue weighted by Gasteiger charge is -2.22. The number of para-hydroxylation sites is 1. The molecule has 0 spiro atoms. The lowest BCUT2D eigenvalue weighted by molar-refractivity contribution is 0.669. The topological polar surface area (TPSA) is 13.1 Å². The highest BCUT2D eigenvalue weighted by Gasteiger charge is 2.23. The van der Waals surface area contributed by atoms with Crippen molar-refractivity contribution in [2.45, 2.75) is 0 Å². The van der Waals surface area contributed by atoms with E-state index < -0.39 is 0 Å². The molecule has 1 nitrogen and oxygen atoms in total. The molecule has 1 aromatic heterocycles. The van der Waals surface area contributed by atoms with Gasteiger partial charge in [0.1, 0.15) is 11.2 Å². The normalized spacial score (nSPS) is 12.3. The van der Waals surface area contributed by atoms with Crippen molar-refractivity contribution in [3.8, 4) is 44.5 Å². The maximum Gasteiger partial charge on any atom is 0.135 e. The van der Waals surface area contributed by atoms with Gasteiger partial charge in [0, 0.05) is 10.8 Å². The van der Waals surface area contributed by atoms with E-state index in [0.717, 1.165) is 27.5 Å². The Balaban J connectivity index is 1.06. The molecule has 61 heavy (non-hydrogen) atoms. The fourth-order valence-electron chi connectivity index (χ4n) is 10.8. The smallest absolute Gasteiger partial charge is 0.135 e. The van der Waals surface area contributed by atoms with Crippen molar-refractivity contribution in [1.82, 2.24) is 0 Å². The second-order valence-corrected chi connectivity index (χ2v) is 16.7. The average molecular weight is 771 g/mol. The molecule has 0 aliphatic rings. The van der Waals surface area contributed by atoms with Crippen LogP contribution in [0.3, 0.4) is 0 Å². The minimum atomic E-state index is 0.900. The van der Waals surface area contributed by atoms with Crippen molar-refractivity contribution in [3.05, 3.63) is 206 Å². The first-order valence-electron chi connectivity index (χ1n) is 21.2. The van der Waals surface area contributed by atoms with Gasteiger partial charge in [-0.25, -0.2) is 0 Å². The summed E-state index contributed by atoms with van der Waals surface area (Å²) in [4.78, 5) is 0. The summed E-state index contributed by atoms with van der Waals surface area (Å²) < 4.78 is 6.35. The third-order valence-electron chi connectivity index (χ3n) is 13.5. The molecule has 13 aromatic carbocycles. The Morgan fingerprint density at radius 2 is 0.721 bits per heavy atom. The first-order chi connectivity index (χ1) is 30.2. The van der Waals surface area contributed by atoms with Gasteiger partial charge in [-0.05, 0) is 144 Å². The van der Waals surface area contributed by atoms with Crippen LogP contribution in [0.25, 0.3) is 142 Å². The molecular formula is C60H34O. The SMILES string of the molecule is c1ccc2c(-c3ccc4ccc5cccc6ccc3c4c56)c(-c3ccc(-c4ccc5ccc6cccc7ccc4c5c67)cc3)c(-c3ccc4oc5ccccc5c4c3)cc2c1. The van der Waals surface area contributed by atoms with E-state index in [1.807, 2.05) is 6.07 Å². The van der Waals surface area contributed by atoms with Gasteiger partial charge in [-0.1, -0.05) is 182 Å². The van der Waals surface area contributed by atoms with Gasteiger partial charge in [-0.2, -0.15) is 0 Å². The van der Waals surface area contributed by atoms with Crippen LogP contribution in [0.5, 0.6) is 0 Å². The Morgan fingerprint density at radius 3 is 1.41 bits per heavy atom. The highest BCUT2D eigenvalue weighted by atomic mass is 16.3. The zero-order valence-corrected chi connectivity index (χ0v) is 33.0. The summed E-state index contributed by atoms with van der Waals surface area (Å²) in [6.07, 6.45) is 0. The summed E-state index contributed by atoms with van der Waals surface area (Å²) >= 11 is 0. The number of fused-ring (bicyclic) bond motifs is 4. The molecule has 0 N–H and O–H groups in total. The second kappa shape index (κ2) is 12.3. The molecule has 0 bridgehead atoms. The summed E-state index contributed by atoms with van der Waals surface area (Å²) in [7, 11) is 0. The van der Waals surface area contributed by atoms with Crippen LogP contribution in [0.15, 0.2) is 211 Å². The van der Waals surface area contributed by atoms with Gasteiger partial charge in [0.2, 0.25) is 0 Å².